The average Bonchev–Trinajstić information content (AvgIpc) is 3.05. The van der Waals surface area contributed by atoms with Gasteiger partial charge in [-0.05, 0) is 62.4 Å². The summed E-state index contributed by atoms with van der Waals surface area (Å²) in [5, 5.41) is 16.1. The molecule has 2 heterocycles. The number of para-hydroxylation sites is 1. The molecule has 1 aliphatic carbocycles. The Morgan fingerprint density at radius 1 is 1.11 bits per heavy atom. The van der Waals surface area contributed by atoms with Crippen molar-refractivity contribution in [3.05, 3.63) is 53.6 Å². The number of hydrogen-bond donors (Lipinski definition) is 3. The second-order valence-corrected chi connectivity index (χ2v) is 10.7. The van der Waals surface area contributed by atoms with Crippen molar-refractivity contribution >= 4 is 22.8 Å². The Labute approximate surface area is 211 Å². The fraction of sp³-hybridized carbons (Fsp3) is 0.448. The van der Waals surface area contributed by atoms with Crippen molar-refractivity contribution < 1.29 is 19.4 Å². The van der Waals surface area contributed by atoms with E-state index in [1.807, 2.05) is 38.1 Å². The smallest absolute Gasteiger partial charge is 0.317 e. The van der Waals surface area contributed by atoms with Gasteiger partial charge in [0.1, 0.15) is 12.4 Å². The molecule has 0 atom stereocenters. The minimum absolute atomic E-state index is 0.144. The Morgan fingerprint density at radius 3 is 2.67 bits per heavy atom. The predicted octanol–water partition coefficient (Wildman–Crippen LogP) is 4.93. The maximum atomic E-state index is 13.3. The van der Waals surface area contributed by atoms with Crippen LogP contribution in [0.4, 0.5) is 0 Å². The number of carbonyl (C=O) groups excluding carboxylic acids is 1. The molecule has 0 spiro atoms. The van der Waals surface area contributed by atoms with Gasteiger partial charge in [0, 0.05) is 34.1 Å². The van der Waals surface area contributed by atoms with Gasteiger partial charge in [0.05, 0.1) is 18.8 Å². The highest BCUT2D eigenvalue weighted by Gasteiger charge is 2.30. The quantitative estimate of drug-likeness (QED) is 0.438. The van der Waals surface area contributed by atoms with Crippen LogP contribution in [0.2, 0.25) is 0 Å². The van der Waals surface area contributed by atoms with Gasteiger partial charge in [0.15, 0.2) is 0 Å². The van der Waals surface area contributed by atoms with Gasteiger partial charge in [-0.1, -0.05) is 37.5 Å². The number of carbonyl (C=O) groups is 2. The van der Waals surface area contributed by atoms with Crippen LogP contribution in [0.15, 0.2) is 42.5 Å². The number of benzene rings is 2. The van der Waals surface area contributed by atoms with E-state index in [0.717, 1.165) is 23.4 Å². The lowest BCUT2D eigenvalue weighted by Gasteiger charge is -2.26. The lowest BCUT2D eigenvalue weighted by atomic mass is 9.81. The van der Waals surface area contributed by atoms with E-state index in [4.69, 9.17) is 9.84 Å². The molecule has 3 N–H and O–H groups in total. The van der Waals surface area contributed by atoms with Crippen molar-refractivity contribution in [3.8, 4) is 17.0 Å². The van der Waals surface area contributed by atoms with E-state index in [2.05, 4.69) is 33.4 Å². The zero-order valence-corrected chi connectivity index (χ0v) is 21.1. The van der Waals surface area contributed by atoms with E-state index in [-0.39, 0.29) is 12.5 Å². The zero-order chi connectivity index (χ0) is 25.3. The summed E-state index contributed by atoms with van der Waals surface area (Å²) < 4.78 is 8.48. The van der Waals surface area contributed by atoms with Crippen LogP contribution >= 0.6 is 0 Å². The number of carboxylic acids is 1. The molecular weight excluding hydrogens is 454 g/mol. The first-order valence-corrected chi connectivity index (χ1v) is 13.0. The second-order valence-electron chi connectivity index (χ2n) is 10.7. The Balaban J connectivity index is 1.55. The van der Waals surface area contributed by atoms with Crippen LogP contribution in [0, 0.1) is 0 Å². The number of amides is 1. The second kappa shape index (κ2) is 9.97. The lowest BCUT2D eigenvalue weighted by Crippen LogP contribution is -2.51. The summed E-state index contributed by atoms with van der Waals surface area (Å²) >= 11 is 0. The van der Waals surface area contributed by atoms with Crippen molar-refractivity contribution in [3.63, 3.8) is 0 Å². The number of aliphatic carboxylic acids is 1. The van der Waals surface area contributed by atoms with E-state index in [1.54, 1.807) is 0 Å². The Morgan fingerprint density at radius 2 is 1.89 bits per heavy atom. The minimum atomic E-state index is -0.921. The van der Waals surface area contributed by atoms with Gasteiger partial charge in [-0.3, -0.25) is 9.59 Å². The molecule has 1 aliphatic heterocycles. The van der Waals surface area contributed by atoms with Crippen LogP contribution in [0.3, 0.4) is 0 Å². The molecule has 190 valence electrons. The Hall–Kier alpha value is -3.32. The molecule has 1 aromatic heterocycles. The van der Waals surface area contributed by atoms with E-state index in [9.17, 15) is 9.59 Å². The standard InChI is InChI=1S/C29H35N3O4/c1-29(2,18-30-17-25(33)34)31-28(35)20-12-13-21-23(16-20)32-14-15-36-24-11-7-6-10-22(24)27(32)26(21)19-8-4-3-5-9-19/h6-7,10-13,16,19,30H,3-5,8-9,14-15,17-18H2,1-2H3,(H,31,35)(H,33,34). The molecule has 0 bridgehead atoms. The maximum absolute atomic E-state index is 13.3. The highest BCUT2D eigenvalue weighted by molar-refractivity contribution is 6.01. The number of ether oxygens (including phenoxy) is 1. The third-order valence-corrected chi connectivity index (χ3v) is 7.39. The lowest BCUT2D eigenvalue weighted by molar-refractivity contribution is -0.136. The molecule has 0 radical (unpaired) electrons. The zero-order valence-electron chi connectivity index (χ0n) is 21.1. The van der Waals surface area contributed by atoms with E-state index >= 15 is 0 Å². The van der Waals surface area contributed by atoms with Crippen LogP contribution in [0.25, 0.3) is 22.2 Å². The summed E-state index contributed by atoms with van der Waals surface area (Å²) in [6, 6.07) is 14.3. The summed E-state index contributed by atoms with van der Waals surface area (Å²) in [5.41, 5.74) is 4.83. The molecule has 3 aromatic rings. The summed E-state index contributed by atoms with van der Waals surface area (Å²) in [6.07, 6.45) is 6.18. The van der Waals surface area contributed by atoms with Gasteiger partial charge < -0.3 is 25.0 Å². The fourth-order valence-corrected chi connectivity index (χ4v) is 5.79. The first kappa shape index (κ1) is 24.4. The fourth-order valence-electron chi connectivity index (χ4n) is 5.79. The molecule has 5 rings (SSSR count). The number of nitrogens with zero attached hydrogens (tertiary/aromatic N) is 1. The van der Waals surface area contributed by atoms with Gasteiger partial charge in [-0.15, -0.1) is 0 Å². The van der Waals surface area contributed by atoms with Crippen LogP contribution in [0.1, 0.15) is 67.8 Å². The minimum Gasteiger partial charge on any atom is -0.491 e. The molecule has 2 aliphatic rings. The van der Waals surface area contributed by atoms with Crippen LogP contribution < -0.4 is 15.4 Å². The van der Waals surface area contributed by atoms with Crippen LogP contribution in [-0.2, 0) is 11.3 Å². The van der Waals surface area contributed by atoms with Gasteiger partial charge in [-0.2, -0.15) is 0 Å². The molecular formula is C29H35N3O4. The number of nitrogens with one attached hydrogen (secondary N) is 2. The third kappa shape index (κ3) is 4.85. The monoisotopic (exact) mass is 489 g/mol. The normalized spacial score (nSPS) is 16.1. The number of carboxylic acid groups (broad SMARTS) is 1. The summed E-state index contributed by atoms with van der Waals surface area (Å²) in [5.74, 6) is 0.335. The highest BCUT2D eigenvalue weighted by atomic mass is 16.5. The van der Waals surface area contributed by atoms with Crippen LogP contribution in [-0.4, -0.2) is 46.8 Å². The third-order valence-electron chi connectivity index (χ3n) is 7.39. The molecule has 2 aromatic carbocycles. The van der Waals surface area contributed by atoms with Crippen molar-refractivity contribution in [1.29, 1.82) is 0 Å². The SMILES string of the molecule is CC(C)(CNCC(=O)O)NC(=O)c1ccc2c(C3CCCCC3)c3n(c2c1)CCOc1ccccc1-3. The first-order valence-electron chi connectivity index (χ1n) is 13.0. The number of hydrogen-bond acceptors (Lipinski definition) is 4. The summed E-state index contributed by atoms with van der Waals surface area (Å²) in [6.45, 7) is 5.29. The van der Waals surface area contributed by atoms with Gasteiger partial charge in [0.25, 0.3) is 5.91 Å². The molecule has 36 heavy (non-hydrogen) atoms. The molecule has 0 unspecified atom stereocenters. The van der Waals surface area contributed by atoms with Crippen molar-refractivity contribution in [2.24, 2.45) is 0 Å². The molecule has 0 saturated heterocycles. The molecule has 7 nitrogen and oxygen atoms in total. The Bertz CT molecular complexity index is 1290. The Kier molecular flexibility index (Phi) is 6.75. The van der Waals surface area contributed by atoms with Crippen molar-refractivity contribution in [2.45, 2.75) is 64.0 Å². The van der Waals surface area contributed by atoms with E-state index in [1.165, 1.54) is 48.7 Å². The number of fused-ring (bicyclic) bond motifs is 5. The van der Waals surface area contributed by atoms with E-state index in [0.29, 0.717) is 24.6 Å². The summed E-state index contributed by atoms with van der Waals surface area (Å²) in [4.78, 5) is 24.1. The first-order chi connectivity index (χ1) is 17.3. The van der Waals surface area contributed by atoms with E-state index < -0.39 is 11.5 Å². The van der Waals surface area contributed by atoms with Gasteiger partial charge >= 0.3 is 5.97 Å². The number of rotatable bonds is 7. The average molecular weight is 490 g/mol. The van der Waals surface area contributed by atoms with Crippen molar-refractivity contribution in [2.75, 3.05) is 19.7 Å². The van der Waals surface area contributed by atoms with Gasteiger partial charge in [-0.25, -0.2) is 0 Å². The molecule has 1 fully saturated rings. The largest absolute Gasteiger partial charge is 0.491 e. The highest BCUT2D eigenvalue weighted by Crippen LogP contribution is 2.47. The maximum Gasteiger partial charge on any atom is 0.317 e. The summed E-state index contributed by atoms with van der Waals surface area (Å²) in [7, 11) is 0. The van der Waals surface area contributed by atoms with Crippen LogP contribution in [0.5, 0.6) is 5.75 Å². The van der Waals surface area contributed by atoms with Gasteiger partial charge in [0.2, 0.25) is 0 Å². The number of aromatic nitrogens is 1. The topological polar surface area (TPSA) is 92.6 Å². The molecule has 1 saturated carbocycles. The molecule has 7 heteroatoms. The predicted molar refractivity (Wildman–Crippen MR) is 141 cm³/mol. The van der Waals surface area contributed by atoms with Crippen molar-refractivity contribution in [1.82, 2.24) is 15.2 Å². The molecule has 1 amide bonds.